The van der Waals surface area contributed by atoms with Crippen molar-refractivity contribution in [2.24, 2.45) is 0 Å². The van der Waals surface area contributed by atoms with E-state index in [4.69, 9.17) is 30.7 Å². The van der Waals surface area contributed by atoms with Crippen LogP contribution in [0.3, 0.4) is 0 Å². The molecule has 0 aromatic carbocycles. The summed E-state index contributed by atoms with van der Waals surface area (Å²) in [4.78, 5) is 71.5. The van der Waals surface area contributed by atoms with E-state index >= 15 is 0 Å². The number of morpholine rings is 1. The van der Waals surface area contributed by atoms with Crippen LogP contribution in [0.25, 0.3) is 0 Å². The molecular weight excluding hydrogens is 932 g/mol. The second-order valence-corrected chi connectivity index (χ2v) is 13.6. The van der Waals surface area contributed by atoms with Crippen molar-refractivity contribution in [1.29, 1.82) is 15.8 Å². The Morgan fingerprint density at radius 3 is 1.55 bits per heavy atom. The Morgan fingerprint density at radius 1 is 0.767 bits per heavy atom. The molecule has 18 nitrogen and oxygen atoms in total. The molecule has 3 aromatic heterocycles. The molecule has 4 rings (SSSR count). The average Bonchev–Trinajstić information content (AvgIpc) is 3.24. The van der Waals surface area contributed by atoms with Gasteiger partial charge in [-0.3, -0.25) is 28.8 Å². The number of rotatable bonds is 7. The number of hydrogen-bond acceptors (Lipinski definition) is 17. The molecule has 5 N–H and O–H groups in total. The number of pyridine rings is 3. The third-order valence-electron chi connectivity index (χ3n) is 6.88. The number of thiol groups is 1. The Balaban J connectivity index is -0.000000701. The molecule has 0 aliphatic carbocycles. The average molecular weight is 973 g/mol. The van der Waals surface area contributed by atoms with Gasteiger partial charge in [-0.15, -0.1) is 12.6 Å². The molecule has 0 unspecified atom stereocenters. The maximum atomic E-state index is 13.2. The number of aromatic nitrogens is 3. The quantitative estimate of drug-likeness (QED) is 0.0551. The number of H-pyrrole nitrogens is 3. The molecular formula is C35H41BrF2N7NaO11S3. The summed E-state index contributed by atoms with van der Waals surface area (Å²) in [5, 5.41) is 47.2. The zero-order valence-electron chi connectivity index (χ0n) is 33.7. The number of nitrogens with zero attached hydrogens (tertiary/aromatic N) is 3. The largest absolute Gasteiger partial charge is 1.00 e. The zero-order chi connectivity index (χ0) is 45.8. The molecule has 322 valence electrons. The van der Waals surface area contributed by atoms with Gasteiger partial charge < -0.3 is 44.7 Å². The molecule has 60 heavy (non-hydrogen) atoms. The van der Waals surface area contributed by atoms with Gasteiger partial charge in [-0.25, -0.2) is 8.78 Å². The molecule has 1 aliphatic heterocycles. The standard InChI is InChI=1S/C10H9FN2O3S.C10H10N2O3S.C7H5FN2OS.C4H9NO.C3H5BrO2.CH3O.Na/c1-5-6(3-12)10(13-9(15)8(5)11)17-4-7(14)16-2;1-5-6(2)9(15)12-10(7(5)3-11)16-4-8(13)14;1-3-4(2-9)7(12)10-6(11)5(3)8;1-3-6-4-2-5-1;1-6-3(5)2-4;1-2;/h4H2,1-2H3,(H,13,15);4H2,1-2H3,(H,12,15)(H,13,14);1H3,(H2,10,11,12);5H,1-4H2;2H2,1H3;1H3;/q;;;;;-1;+1. The van der Waals surface area contributed by atoms with Crippen LogP contribution in [0.1, 0.15) is 38.9 Å². The van der Waals surface area contributed by atoms with E-state index in [9.17, 15) is 37.5 Å². The van der Waals surface area contributed by atoms with E-state index in [-0.39, 0.29) is 90.2 Å². The van der Waals surface area contributed by atoms with Crippen molar-refractivity contribution in [2.45, 2.75) is 42.8 Å². The van der Waals surface area contributed by atoms with Gasteiger partial charge in [-0.05, 0) is 33.3 Å². The van der Waals surface area contributed by atoms with Crippen molar-refractivity contribution in [1.82, 2.24) is 20.3 Å². The van der Waals surface area contributed by atoms with Crippen molar-refractivity contribution < 1.29 is 77.1 Å². The zero-order valence-corrected chi connectivity index (χ0v) is 39.8. The van der Waals surface area contributed by atoms with E-state index in [0.29, 0.717) is 21.7 Å². The summed E-state index contributed by atoms with van der Waals surface area (Å²) in [7, 11) is 3.33. The number of carbonyl (C=O) groups excluding carboxylic acids is 2. The normalized spacial score (nSPS) is 10.6. The number of halogens is 3. The summed E-state index contributed by atoms with van der Waals surface area (Å²) in [6, 6.07) is 5.51. The molecule has 0 radical (unpaired) electrons. The van der Waals surface area contributed by atoms with Crippen molar-refractivity contribution in [3.63, 3.8) is 0 Å². The van der Waals surface area contributed by atoms with Gasteiger partial charge in [0.2, 0.25) is 0 Å². The number of aromatic amines is 3. The van der Waals surface area contributed by atoms with E-state index in [1.54, 1.807) is 26.0 Å². The maximum Gasteiger partial charge on any atom is 1.00 e. The van der Waals surface area contributed by atoms with Gasteiger partial charge in [0.05, 0.1) is 70.7 Å². The number of thioether (sulfide) groups is 2. The van der Waals surface area contributed by atoms with Gasteiger partial charge in [0.25, 0.3) is 16.7 Å². The second kappa shape index (κ2) is 33.7. The van der Waals surface area contributed by atoms with Crippen LogP contribution in [0.5, 0.6) is 0 Å². The molecule has 4 heterocycles. The first-order valence-electron chi connectivity index (χ1n) is 16.2. The van der Waals surface area contributed by atoms with Crippen LogP contribution < -0.4 is 56.7 Å². The van der Waals surface area contributed by atoms with Gasteiger partial charge in [0.1, 0.15) is 23.5 Å². The number of alkyl halides is 1. The molecule has 0 saturated carbocycles. The summed E-state index contributed by atoms with van der Waals surface area (Å²) in [6.07, 6.45) is 0. The van der Waals surface area contributed by atoms with Crippen molar-refractivity contribution >= 4 is 70.0 Å². The number of nitrogens with one attached hydrogen (secondary N) is 4. The van der Waals surface area contributed by atoms with Crippen LogP contribution >= 0.6 is 52.1 Å². The summed E-state index contributed by atoms with van der Waals surface area (Å²) >= 11 is 8.58. The molecule has 0 spiro atoms. The molecule has 3 aromatic rings. The number of nitriles is 3. The minimum absolute atomic E-state index is 0. The van der Waals surface area contributed by atoms with E-state index in [0.717, 1.165) is 56.9 Å². The summed E-state index contributed by atoms with van der Waals surface area (Å²) in [6.45, 7) is 9.84. The predicted molar refractivity (Wildman–Crippen MR) is 218 cm³/mol. The number of ether oxygens (including phenoxy) is 3. The minimum atomic E-state index is -0.993. The molecule has 0 amide bonds. The number of carbonyl (C=O) groups is 3. The minimum Gasteiger partial charge on any atom is -0.857 e. The first kappa shape index (κ1) is 60.3. The van der Waals surface area contributed by atoms with Gasteiger partial charge in [-0.2, -0.15) is 22.9 Å². The van der Waals surface area contributed by atoms with E-state index in [1.807, 2.05) is 6.07 Å². The van der Waals surface area contributed by atoms with Crippen molar-refractivity contribution in [2.75, 3.05) is 64.5 Å². The maximum absolute atomic E-state index is 13.2. The van der Waals surface area contributed by atoms with Crippen LogP contribution in [-0.4, -0.2) is 102 Å². The summed E-state index contributed by atoms with van der Waals surface area (Å²) in [5.41, 5.74) is -0.533. The number of methoxy groups -OCH3 is 2. The van der Waals surface area contributed by atoms with Crippen LogP contribution in [0.4, 0.5) is 8.78 Å². The van der Waals surface area contributed by atoms with Gasteiger partial charge in [0.15, 0.2) is 11.6 Å². The Bertz CT molecular complexity index is 2190. The predicted octanol–water partition coefficient (Wildman–Crippen LogP) is -0.877. The van der Waals surface area contributed by atoms with Gasteiger partial charge in [0, 0.05) is 29.8 Å². The third kappa shape index (κ3) is 21.5. The molecule has 0 bridgehead atoms. The fourth-order valence-electron chi connectivity index (χ4n) is 3.66. The van der Waals surface area contributed by atoms with Crippen LogP contribution in [0, 0.1) is 73.3 Å². The molecule has 1 fully saturated rings. The van der Waals surface area contributed by atoms with Crippen molar-refractivity contribution in [3.05, 3.63) is 81.6 Å². The second-order valence-electron chi connectivity index (χ2n) is 10.6. The first-order valence-corrected chi connectivity index (χ1v) is 19.7. The molecule has 0 atom stereocenters. The number of hydrogen-bond donors (Lipinski definition) is 6. The Morgan fingerprint density at radius 2 is 1.18 bits per heavy atom. The number of carboxylic acid groups (broad SMARTS) is 1. The van der Waals surface area contributed by atoms with Crippen molar-refractivity contribution in [3.8, 4) is 18.2 Å². The topological polar surface area (TPSA) is 304 Å². The van der Waals surface area contributed by atoms with Crippen LogP contribution in [0.2, 0.25) is 0 Å². The number of carboxylic acids is 1. The molecule has 1 aliphatic rings. The Kier molecular flexibility index (Phi) is 33.9. The summed E-state index contributed by atoms with van der Waals surface area (Å²) in [5.74, 6) is -3.89. The Labute approximate surface area is 387 Å². The van der Waals surface area contributed by atoms with Crippen LogP contribution in [-0.2, 0) is 28.6 Å². The van der Waals surface area contributed by atoms with Crippen LogP contribution in [0.15, 0.2) is 29.5 Å². The van der Waals surface area contributed by atoms with E-state index in [2.05, 4.69) is 58.3 Å². The van der Waals surface area contributed by atoms with Gasteiger partial charge >= 0.3 is 47.5 Å². The first-order chi connectivity index (χ1) is 27.9. The fraction of sp³-hybridized carbons (Fsp3) is 0.400. The van der Waals surface area contributed by atoms with E-state index in [1.165, 1.54) is 28.1 Å². The monoisotopic (exact) mass is 971 g/mol. The van der Waals surface area contributed by atoms with Gasteiger partial charge in [-0.1, -0.05) is 39.5 Å². The van der Waals surface area contributed by atoms with E-state index < -0.39 is 34.7 Å². The third-order valence-corrected chi connectivity index (χ3v) is 9.64. The Hall–Kier alpha value is -4.00. The SMILES string of the molecule is C1COCCN1.COC(=O)CBr.COC(=O)CSc1[nH]c(=O)c(F)c(C)c1C#N.C[O-].Cc1c(C#N)c(S)[nH]c(=O)c1F.Cc1c(C#N)c(SCC(=O)O)[nH]c(=O)c1C.[Na+]. The number of esters is 2. The molecule has 25 heteroatoms. The smallest absolute Gasteiger partial charge is 0.857 e. The molecule has 1 saturated heterocycles. The summed E-state index contributed by atoms with van der Waals surface area (Å²) < 4.78 is 39.7. The fourth-order valence-corrected chi connectivity index (χ4v) is 5.87. The number of aliphatic carboxylic acids is 1.